The molecule has 0 aliphatic rings. The fraction of sp³-hybridized carbons (Fsp3) is 0.200. The molecule has 0 saturated heterocycles. The van der Waals surface area contributed by atoms with Gasteiger partial charge in [-0.15, -0.1) is 0 Å². The fourth-order valence-corrected chi connectivity index (χ4v) is 2.89. The number of amides is 1. The van der Waals surface area contributed by atoms with Gasteiger partial charge < -0.3 is 15.0 Å². The number of aldehydes is 1. The molecule has 1 aromatic carbocycles. The largest absolute Gasteiger partial charge is 0.481 e. The van der Waals surface area contributed by atoms with Gasteiger partial charge in [-0.1, -0.05) is 0 Å². The van der Waals surface area contributed by atoms with E-state index >= 15 is 0 Å². The molecule has 2 heterocycles. The van der Waals surface area contributed by atoms with Crippen molar-refractivity contribution in [2.75, 3.05) is 0 Å². The van der Waals surface area contributed by atoms with E-state index in [9.17, 15) is 14.4 Å². The van der Waals surface area contributed by atoms with Crippen molar-refractivity contribution in [1.29, 1.82) is 0 Å². The van der Waals surface area contributed by atoms with Crippen LogP contribution in [0.3, 0.4) is 0 Å². The Balaban J connectivity index is 1.82. The molecule has 0 atom stereocenters. The van der Waals surface area contributed by atoms with Crippen molar-refractivity contribution in [3.05, 3.63) is 59.9 Å². The summed E-state index contributed by atoms with van der Waals surface area (Å²) in [5.74, 6) is -1.31. The molecule has 0 spiro atoms. The number of aromatic nitrogens is 2. The van der Waals surface area contributed by atoms with Gasteiger partial charge in [0.25, 0.3) is 5.91 Å². The van der Waals surface area contributed by atoms with Crippen LogP contribution in [0.25, 0.3) is 16.7 Å². The second-order valence-corrected chi connectivity index (χ2v) is 6.94. The summed E-state index contributed by atoms with van der Waals surface area (Å²) >= 11 is 0. The summed E-state index contributed by atoms with van der Waals surface area (Å²) in [6.45, 7) is 3.33. The monoisotopic (exact) mass is 365 g/mol. The Morgan fingerprint density at radius 2 is 1.93 bits per heavy atom. The van der Waals surface area contributed by atoms with Gasteiger partial charge in [-0.05, 0) is 50.2 Å². The number of aliphatic carboxylic acids is 1. The lowest BCUT2D eigenvalue weighted by Gasteiger charge is -2.24. The Kier molecular flexibility index (Phi) is 4.77. The summed E-state index contributed by atoms with van der Waals surface area (Å²) in [7, 11) is 0. The molecular weight excluding hydrogens is 346 g/mol. The van der Waals surface area contributed by atoms with Gasteiger partial charge in [0.1, 0.15) is 5.65 Å². The highest BCUT2D eigenvalue weighted by atomic mass is 16.4. The van der Waals surface area contributed by atoms with E-state index in [1.165, 1.54) is 6.20 Å². The Morgan fingerprint density at radius 3 is 2.56 bits per heavy atom. The van der Waals surface area contributed by atoms with Gasteiger partial charge in [0.2, 0.25) is 0 Å². The summed E-state index contributed by atoms with van der Waals surface area (Å²) in [4.78, 5) is 38.4. The van der Waals surface area contributed by atoms with Gasteiger partial charge in [-0.25, -0.2) is 4.98 Å². The first-order valence-corrected chi connectivity index (χ1v) is 8.36. The zero-order valence-electron chi connectivity index (χ0n) is 15.0. The van der Waals surface area contributed by atoms with Crippen molar-refractivity contribution >= 4 is 29.2 Å². The van der Waals surface area contributed by atoms with E-state index in [0.29, 0.717) is 16.8 Å². The fourth-order valence-electron chi connectivity index (χ4n) is 2.89. The number of carboxylic acid groups (broad SMARTS) is 1. The highest BCUT2D eigenvalue weighted by molar-refractivity contribution is 5.95. The van der Waals surface area contributed by atoms with Crippen LogP contribution in [-0.4, -0.2) is 38.4 Å². The van der Waals surface area contributed by atoms with Crippen LogP contribution in [-0.2, 0) is 4.79 Å². The lowest BCUT2D eigenvalue weighted by Crippen LogP contribution is -2.44. The first-order valence-electron chi connectivity index (χ1n) is 8.36. The predicted molar refractivity (Wildman–Crippen MR) is 100 cm³/mol. The van der Waals surface area contributed by atoms with Crippen LogP contribution in [0.4, 0.5) is 0 Å². The molecule has 138 valence electrons. The first kappa shape index (κ1) is 18.3. The van der Waals surface area contributed by atoms with E-state index < -0.39 is 11.5 Å². The summed E-state index contributed by atoms with van der Waals surface area (Å²) in [5, 5.41) is 12.5. The van der Waals surface area contributed by atoms with E-state index in [4.69, 9.17) is 5.11 Å². The average Bonchev–Trinajstić information content (AvgIpc) is 3.03. The molecule has 2 aromatic heterocycles. The van der Waals surface area contributed by atoms with Crippen LogP contribution in [0.2, 0.25) is 0 Å². The lowest BCUT2D eigenvalue weighted by atomic mass is 10.00. The van der Waals surface area contributed by atoms with Crippen molar-refractivity contribution in [1.82, 2.24) is 14.9 Å². The van der Waals surface area contributed by atoms with Crippen LogP contribution >= 0.6 is 0 Å². The summed E-state index contributed by atoms with van der Waals surface area (Å²) in [6.07, 6.45) is 3.94. The Bertz CT molecular complexity index is 1020. The molecule has 27 heavy (non-hydrogen) atoms. The number of benzene rings is 1. The van der Waals surface area contributed by atoms with Gasteiger partial charge >= 0.3 is 5.97 Å². The van der Waals surface area contributed by atoms with Crippen molar-refractivity contribution < 1.29 is 19.5 Å². The smallest absolute Gasteiger partial charge is 0.305 e. The van der Waals surface area contributed by atoms with Crippen molar-refractivity contribution in [2.24, 2.45) is 0 Å². The third-order valence-corrected chi connectivity index (χ3v) is 4.14. The number of carboxylic acids is 1. The molecule has 0 radical (unpaired) electrons. The minimum absolute atomic E-state index is 0.166. The molecule has 1 amide bonds. The molecule has 0 aliphatic carbocycles. The van der Waals surface area contributed by atoms with Gasteiger partial charge in [0.15, 0.2) is 6.29 Å². The summed E-state index contributed by atoms with van der Waals surface area (Å²) < 4.78 is 1.86. The number of carbonyl (C=O) groups is 3. The molecule has 7 nitrogen and oxygen atoms in total. The normalized spacial score (nSPS) is 11.3. The number of nitrogens with zero attached hydrogens (tertiary/aromatic N) is 2. The molecule has 0 saturated carbocycles. The SMILES string of the molecule is CC(C)(CC(=O)O)NC(=O)c1ccc(-n2ccc3cc(C=O)cnc32)cc1. The van der Waals surface area contributed by atoms with Gasteiger partial charge in [0.05, 0.1) is 6.42 Å². The Labute approximate surface area is 155 Å². The van der Waals surface area contributed by atoms with Crippen LogP contribution in [0.5, 0.6) is 0 Å². The Hall–Kier alpha value is -3.48. The zero-order valence-corrected chi connectivity index (χ0v) is 15.0. The van der Waals surface area contributed by atoms with Crippen LogP contribution in [0.1, 0.15) is 41.0 Å². The van der Waals surface area contributed by atoms with Gasteiger partial charge in [-0.3, -0.25) is 14.4 Å². The topological polar surface area (TPSA) is 101 Å². The van der Waals surface area contributed by atoms with E-state index in [-0.39, 0.29) is 12.3 Å². The second kappa shape index (κ2) is 7.03. The number of pyridine rings is 1. The van der Waals surface area contributed by atoms with Crippen LogP contribution in [0, 0.1) is 0 Å². The van der Waals surface area contributed by atoms with Crippen LogP contribution < -0.4 is 5.32 Å². The standard InChI is InChI=1S/C20H19N3O4/c1-20(2,10-17(25)26)22-19(27)14-3-5-16(6-4-14)23-8-7-15-9-13(12-24)11-21-18(15)23/h3-9,11-12H,10H2,1-2H3,(H,22,27)(H,25,26). The molecule has 0 fully saturated rings. The number of nitrogens with one attached hydrogen (secondary N) is 1. The molecule has 2 N–H and O–H groups in total. The van der Waals surface area contributed by atoms with Crippen molar-refractivity contribution in [3.8, 4) is 5.69 Å². The minimum atomic E-state index is -0.972. The maximum atomic E-state index is 12.4. The molecule has 0 bridgehead atoms. The molecule has 0 unspecified atom stereocenters. The quantitative estimate of drug-likeness (QED) is 0.654. The summed E-state index contributed by atoms with van der Waals surface area (Å²) in [6, 6.07) is 10.5. The van der Waals surface area contributed by atoms with Crippen molar-refractivity contribution in [2.45, 2.75) is 25.8 Å². The molecular formula is C20H19N3O4. The number of fused-ring (bicyclic) bond motifs is 1. The molecule has 0 aliphatic heterocycles. The predicted octanol–water partition coefficient (Wildman–Crippen LogP) is 2.82. The molecule has 3 rings (SSSR count). The zero-order chi connectivity index (χ0) is 19.6. The van der Waals surface area contributed by atoms with Gasteiger partial charge in [0, 0.05) is 40.1 Å². The maximum Gasteiger partial charge on any atom is 0.305 e. The molecule has 3 aromatic rings. The van der Waals surface area contributed by atoms with Gasteiger partial charge in [-0.2, -0.15) is 0 Å². The number of hydrogen-bond donors (Lipinski definition) is 2. The maximum absolute atomic E-state index is 12.4. The highest BCUT2D eigenvalue weighted by Crippen LogP contribution is 2.20. The number of hydrogen-bond acceptors (Lipinski definition) is 4. The average molecular weight is 365 g/mol. The van der Waals surface area contributed by atoms with E-state index in [1.807, 2.05) is 16.8 Å². The first-order chi connectivity index (χ1) is 12.8. The number of carbonyl (C=O) groups excluding carboxylic acids is 2. The van der Waals surface area contributed by atoms with Crippen molar-refractivity contribution in [3.63, 3.8) is 0 Å². The molecule has 7 heteroatoms. The second-order valence-electron chi connectivity index (χ2n) is 6.94. The third kappa shape index (κ3) is 4.03. The third-order valence-electron chi connectivity index (χ3n) is 4.14. The van der Waals surface area contributed by atoms with E-state index in [2.05, 4.69) is 10.3 Å². The minimum Gasteiger partial charge on any atom is -0.481 e. The number of rotatable bonds is 6. The highest BCUT2D eigenvalue weighted by Gasteiger charge is 2.24. The van der Waals surface area contributed by atoms with E-state index in [1.54, 1.807) is 44.2 Å². The van der Waals surface area contributed by atoms with Crippen LogP contribution in [0.15, 0.2) is 48.8 Å². The lowest BCUT2D eigenvalue weighted by molar-refractivity contribution is -0.138. The van der Waals surface area contributed by atoms with E-state index in [0.717, 1.165) is 17.4 Å². The summed E-state index contributed by atoms with van der Waals surface area (Å²) in [5.41, 5.74) is 1.62. The Morgan fingerprint density at radius 1 is 1.22 bits per heavy atom.